The Bertz CT molecular complexity index is 755. The molecule has 1 aromatic carbocycles. The number of anilines is 1. The minimum absolute atomic E-state index is 0.193. The molecule has 1 saturated heterocycles. The fourth-order valence-corrected chi connectivity index (χ4v) is 3.42. The highest BCUT2D eigenvalue weighted by Gasteiger charge is 2.20. The molecule has 1 aromatic heterocycles. The van der Waals surface area contributed by atoms with Crippen LogP contribution in [0.3, 0.4) is 0 Å². The predicted octanol–water partition coefficient (Wildman–Crippen LogP) is 3.89. The Labute approximate surface area is 161 Å². The summed E-state index contributed by atoms with van der Waals surface area (Å²) >= 11 is 0. The summed E-state index contributed by atoms with van der Waals surface area (Å²) in [7, 11) is 1.70. The van der Waals surface area contributed by atoms with Crippen LogP contribution in [-0.4, -0.2) is 44.7 Å². The minimum atomic E-state index is 0.193. The Hall–Kier alpha value is -2.40. The van der Waals surface area contributed by atoms with E-state index in [0.717, 1.165) is 61.3 Å². The summed E-state index contributed by atoms with van der Waals surface area (Å²) in [6, 6.07) is 10.4. The number of aldehydes is 1. The molecule has 1 fully saturated rings. The number of carbonyl (C=O) groups is 1. The molecule has 3 rings (SSSR count). The first kappa shape index (κ1) is 19.4. The molecule has 1 aliphatic rings. The maximum absolute atomic E-state index is 11.0. The summed E-state index contributed by atoms with van der Waals surface area (Å²) in [5.74, 6) is 2.04. The second-order valence-corrected chi connectivity index (χ2v) is 7.03. The van der Waals surface area contributed by atoms with Gasteiger partial charge in [0.05, 0.1) is 6.61 Å². The standard InChI is InChI=1S/C22H28N2O3/c1-17-4-5-20(27-13-3-12-26-2)15-21(17)19-6-9-23-22(14-19)24-10-7-18(16-25)8-11-24/h4-6,9,14-16,18H,3,7-8,10-13H2,1-2H3. The van der Waals surface area contributed by atoms with E-state index >= 15 is 0 Å². The smallest absolute Gasteiger partial charge is 0.129 e. The third-order valence-corrected chi connectivity index (χ3v) is 5.08. The van der Waals surface area contributed by atoms with Gasteiger partial charge in [0, 0.05) is 45.3 Å². The highest BCUT2D eigenvalue weighted by Crippen LogP contribution is 2.30. The molecule has 2 heterocycles. The van der Waals surface area contributed by atoms with Gasteiger partial charge in [0.2, 0.25) is 0 Å². The van der Waals surface area contributed by atoms with Crippen molar-refractivity contribution >= 4 is 12.1 Å². The first-order chi connectivity index (χ1) is 13.2. The number of pyridine rings is 1. The molecule has 0 aliphatic carbocycles. The number of aryl methyl sites for hydroxylation is 1. The predicted molar refractivity (Wildman–Crippen MR) is 107 cm³/mol. The average Bonchev–Trinajstić information content (AvgIpc) is 2.72. The number of hydrogen-bond donors (Lipinski definition) is 0. The van der Waals surface area contributed by atoms with Gasteiger partial charge in [-0.1, -0.05) is 6.07 Å². The van der Waals surface area contributed by atoms with Crippen LogP contribution in [0.1, 0.15) is 24.8 Å². The van der Waals surface area contributed by atoms with Gasteiger partial charge in [0.15, 0.2) is 0 Å². The van der Waals surface area contributed by atoms with Crippen molar-refractivity contribution in [2.24, 2.45) is 5.92 Å². The Morgan fingerprint density at radius 3 is 2.74 bits per heavy atom. The number of benzene rings is 1. The Kier molecular flexibility index (Phi) is 6.82. The van der Waals surface area contributed by atoms with E-state index in [0.29, 0.717) is 13.2 Å². The van der Waals surface area contributed by atoms with E-state index in [4.69, 9.17) is 9.47 Å². The third-order valence-electron chi connectivity index (χ3n) is 5.08. The molecule has 0 atom stereocenters. The van der Waals surface area contributed by atoms with Crippen molar-refractivity contribution in [3.63, 3.8) is 0 Å². The van der Waals surface area contributed by atoms with Gasteiger partial charge in [-0.25, -0.2) is 4.98 Å². The van der Waals surface area contributed by atoms with Crippen molar-refractivity contribution in [1.82, 2.24) is 4.98 Å². The first-order valence-corrected chi connectivity index (χ1v) is 9.60. The van der Waals surface area contributed by atoms with Gasteiger partial charge in [0.25, 0.3) is 0 Å². The summed E-state index contributed by atoms with van der Waals surface area (Å²) in [6.45, 7) is 5.21. The molecule has 5 nitrogen and oxygen atoms in total. The van der Waals surface area contributed by atoms with E-state index in [-0.39, 0.29) is 5.92 Å². The van der Waals surface area contributed by atoms with Crippen LogP contribution in [0.5, 0.6) is 5.75 Å². The molecule has 0 amide bonds. The van der Waals surface area contributed by atoms with Crippen LogP contribution in [0, 0.1) is 12.8 Å². The first-order valence-electron chi connectivity index (χ1n) is 9.60. The van der Waals surface area contributed by atoms with Crippen molar-refractivity contribution in [2.45, 2.75) is 26.2 Å². The van der Waals surface area contributed by atoms with E-state index in [1.807, 2.05) is 18.3 Å². The van der Waals surface area contributed by atoms with Crippen LogP contribution in [0.2, 0.25) is 0 Å². The zero-order valence-electron chi connectivity index (χ0n) is 16.2. The number of ether oxygens (including phenoxy) is 2. The van der Waals surface area contributed by atoms with E-state index in [1.165, 1.54) is 5.56 Å². The zero-order chi connectivity index (χ0) is 19.1. The lowest BCUT2D eigenvalue weighted by molar-refractivity contribution is -0.111. The number of carbonyl (C=O) groups excluding carboxylic acids is 1. The van der Waals surface area contributed by atoms with Crippen molar-refractivity contribution < 1.29 is 14.3 Å². The van der Waals surface area contributed by atoms with Gasteiger partial charge in [-0.3, -0.25) is 0 Å². The summed E-state index contributed by atoms with van der Waals surface area (Å²) in [6.07, 6.45) is 5.62. The van der Waals surface area contributed by atoms with Crippen molar-refractivity contribution in [3.8, 4) is 16.9 Å². The van der Waals surface area contributed by atoms with E-state index in [9.17, 15) is 4.79 Å². The van der Waals surface area contributed by atoms with Gasteiger partial charge in [0.1, 0.15) is 17.9 Å². The fraction of sp³-hybridized carbons (Fsp3) is 0.455. The monoisotopic (exact) mass is 368 g/mol. The molecule has 0 unspecified atom stereocenters. The molecule has 0 bridgehead atoms. The van der Waals surface area contributed by atoms with Crippen molar-refractivity contribution in [2.75, 3.05) is 38.3 Å². The molecule has 0 saturated carbocycles. The highest BCUT2D eigenvalue weighted by molar-refractivity contribution is 5.71. The normalized spacial score (nSPS) is 15.0. The number of aromatic nitrogens is 1. The molecule has 0 spiro atoms. The Balaban J connectivity index is 1.75. The van der Waals surface area contributed by atoms with Gasteiger partial charge < -0.3 is 19.2 Å². The van der Waals surface area contributed by atoms with E-state index in [1.54, 1.807) is 7.11 Å². The topological polar surface area (TPSA) is 51.7 Å². The van der Waals surface area contributed by atoms with Gasteiger partial charge in [-0.15, -0.1) is 0 Å². The highest BCUT2D eigenvalue weighted by atomic mass is 16.5. The molecule has 0 radical (unpaired) electrons. The molecule has 5 heteroatoms. The van der Waals surface area contributed by atoms with Crippen LogP contribution in [0.15, 0.2) is 36.5 Å². The van der Waals surface area contributed by atoms with Crippen molar-refractivity contribution in [1.29, 1.82) is 0 Å². The maximum Gasteiger partial charge on any atom is 0.129 e. The molecule has 27 heavy (non-hydrogen) atoms. The Morgan fingerprint density at radius 1 is 1.19 bits per heavy atom. The number of rotatable bonds is 8. The largest absolute Gasteiger partial charge is 0.493 e. The maximum atomic E-state index is 11.0. The molecule has 2 aromatic rings. The molecular weight excluding hydrogens is 340 g/mol. The molecule has 1 aliphatic heterocycles. The SMILES string of the molecule is COCCCOc1ccc(C)c(-c2ccnc(N3CCC(C=O)CC3)c2)c1. The van der Waals surface area contributed by atoms with Crippen LogP contribution < -0.4 is 9.64 Å². The summed E-state index contributed by atoms with van der Waals surface area (Å²) in [5, 5.41) is 0. The average molecular weight is 368 g/mol. The lowest BCUT2D eigenvalue weighted by Gasteiger charge is -2.30. The zero-order valence-corrected chi connectivity index (χ0v) is 16.2. The fourth-order valence-electron chi connectivity index (χ4n) is 3.42. The summed E-state index contributed by atoms with van der Waals surface area (Å²) in [5.41, 5.74) is 3.50. The summed E-state index contributed by atoms with van der Waals surface area (Å²) in [4.78, 5) is 17.8. The van der Waals surface area contributed by atoms with Crippen LogP contribution >= 0.6 is 0 Å². The van der Waals surface area contributed by atoms with Crippen LogP contribution in [-0.2, 0) is 9.53 Å². The number of methoxy groups -OCH3 is 1. The van der Waals surface area contributed by atoms with Crippen LogP contribution in [0.25, 0.3) is 11.1 Å². The number of piperidine rings is 1. The quantitative estimate of drug-likeness (QED) is 0.523. The lowest BCUT2D eigenvalue weighted by atomic mass is 9.98. The van der Waals surface area contributed by atoms with Crippen molar-refractivity contribution in [3.05, 3.63) is 42.1 Å². The third kappa shape index (κ3) is 5.07. The van der Waals surface area contributed by atoms with Gasteiger partial charge in [-0.2, -0.15) is 0 Å². The minimum Gasteiger partial charge on any atom is -0.493 e. The number of hydrogen-bond acceptors (Lipinski definition) is 5. The molecule has 144 valence electrons. The molecular formula is C22H28N2O3. The lowest BCUT2D eigenvalue weighted by Crippen LogP contribution is -2.34. The second-order valence-electron chi connectivity index (χ2n) is 7.03. The Morgan fingerprint density at radius 2 is 2.00 bits per heavy atom. The second kappa shape index (κ2) is 9.51. The molecule has 0 N–H and O–H groups in total. The van der Waals surface area contributed by atoms with E-state index in [2.05, 4.69) is 35.0 Å². The van der Waals surface area contributed by atoms with Gasteiger partial charge in [-0.05, 0) is 60.7 Å². The number of nitrogens with zero attached hydrogens (tertiary/aromatic N) is 2. The van der Waals surface area contributed by atoms with E-state index < -0.39 is 0 Å². The van der Waals surface area contributed by atoms with Gasteiger partial charge >= 0.3 is 0 Å². The van der Waals surface area contributed by atoms with Crippen LogP contribution in [0.4, 0.5) is 5.82 Å². The summed E-state index contributed by atoms with van der Waals surface area (Å²) < 4.78 is 10.9.